The normalized spacial score (nSPS) is 12.1. The highest BCUT2D eigenvalue weighted by molar-refractivity contribution is 5.79. The monoisotopic (exact) mass is 279 g/mol. The number of aliphatic carboxylic acids is 1. The molecule has 0 aliphatic rings. The number of carbonyl (C=O) groups is 2. The number of carbonyl (C=O) groups excluding carboxylic acids is 1. The van der Waals surface area contributed by atoms with E-state index in [2.05, 4.69) is 25.7 Å². The Morgan fingerprint density at radius 2 is 2.30 bits per heavy atom. The summed E-state index contributed by atoms with van der Waals surface area (Å²) in [6.07, 6.45) is 4.27. The van der Waals surface area contributed by atoms with E-state index in [-0.39, 0.29) is 19.0 Å². The van der Waals surface area contributed by atoms with Crippen molar-refractivity contribution in [2.45, 2.75) is 26.1 Å². The summed E-state index contributed by atoms with van der Waals surface area (Å²) in [6, 6.07) is -0.494. The summed E-state index contributed by atoms with van der Waals surface area (Å²) in [5.74, 6) is -1.26. The van der Waals surface area contributed by atoms with Crippen LogP contribution in [0.5, 0.6) is 0 Å². The maximum atomic E-state index is 11.9. The maximum absolute atomic E-state index is 11.9. The summed E-state index contributed by atoms with van der Waals surface area (Å²) in [4.78, 5) is 26.1. The molecule has 2 heterocycles. The molecule has 1 unspecified atom stereocenters. The first-order valence-corrected chi connectivity index (χ1v) is 5.79. The molecular weight excluding hydrogens is 266 g/mol. The van der Waals surface area contributed by atoms with Crippen molar-refractivity contribution in [2.75, 3.05) is 0 Å². The number of nitrogens with one attached hydrogen (secondary N) is 1. The summed E-state index contributed by atoms with van der Waals surface area (Å²) < 4.78 is 2.61. The molecule has 2 aromatic rings. The summed E-state index contributed by atoms with van der Waals surface area (Å²) in [7, 11) is 0. The van der Waals surface area contributed by atoms with Crippen molar-refractivity contribution >= 4 is 11.9 Å². The average Bonchev–Trinajstić information content (AvgIpc) is 3.05. The second-order valence-electron chi connectivity index (χ2n) is 4.07. The molecule has 0 saturated heterocycles. The molecule has 2 N–H and O–H groups in total. The predicted molar refractivity (Wildman–Crippen MR) is 64.2 cm³/mol. The Bertz CT molecular complexity index is 592. The number of carboxylic acid groups (broad SMARTS) is 1. The van der Waals surface area contributed by atoms with Gasteiger partial charge in [0, 0.05) is 0 Å². The second-order valence-corrected chi connectivity index (χ2v) is 4.07. The average molecular weight is 279 g/mol. The third kappa shape index (κ3) is 3.37. The Morgan fingerprint density at radius 1 is 1.50 bits per heavy atom. The molecule has 1 amide bonds. The van der Waals surface area contributed by atoms with E-state index < -0.39 is 12.0 Å². The summed E-state index contributed by atoms with van der Waals surface area (Å²) in [5, 5.41) is 22.5. The van der Waals surface area contributed by atoms with Crippen molar-refractivity contribution < 1.29 is 14.7 Å². The van der Waals surface area contributed by atoms with Gasteiger partial charge in [-0.2, -0.15) is 5.10 Å². The molecule has 0 aromatic carbocycles. The Kier molecular flexibility index (Phi) is 4.03. The van der Waals surface area contributed by atoms with Crippen LogP contribution in [-0.2, 0) is 22.7 Å². The van der Waals surface area contributed by atoms with Crippen LogP contribution in [0.4, 0.5) is 0 Å². The van der Waals surface area contributed by atoms with Crippen LogP contribution < -0.4 is 5.32 Å². The van der Waals surface area contributed by atoms with E-state index in [0.717, 1.165) is 0 Å². The SMILES string of the molecule is CC(C(=O)NCc1cn(CC(=O)O)nn1)n1cncn1. The molecule has 20 heavy (non-hydrogen) atoms. The highest BCUT2D eigenvalue weighted by atomic mass is 16.4. The van der Waals surface area contributed by atoms with Crippen LogP contribution in [0, 0.1) is 0 Å². The van der Waals surface area contributed by atoms with Crippen molar-refractivity contribution in [3.8, 4) is 0 Å². The minimum atomic E-state index is -1.01. The Balaban J connectivity index is 1.87. The van der Waals surface area contributed by atoms with Crippen LogP contribution in [0.3, 0.4) is 0 Å². The number of aromatic nitrogens is 6. The second kappa shape index (κ2) is 5.91. The lowest BCUT2D eigenvalue weighted by atomic mass is 10.3. The topological polar surface area (TPSA) is 128 Å². The lowest BCUT2D eigenvalue weighted by molar-refractivity contribution is -0.138. The molecule has 1 atom stereocenters. The fourth-order valence-corrected chi connectivity index (χ4v) is 1.50. The van der Waals surface area contributed by atoms with E-state index in [0.29, 0.717) is 5.69 Å². The number of carboxylic acids is 1. The minimum absolute atomic E-state index is 0.164. The van der Waals surface area contributed by atoms with Crippen LogP contribution in [0.25, 0.3) is 0 Å². The molecule has 0 aliphatic carbocycles. The van der Waals surface area contributed by atoms with Crippen LogP contribution >= 0.6 is 0 Å². The predicted octanol–water partition coefficient (Wildman–Crippen LogP) is -1.17. The van der Waals surface area contributed by atoms with Crippen molar-refractivity contribution in [1.29, 1.82) is 0 Å². The molecule has 0 fully saturated rings. The Labute approximate surface area is 113 Å². The van der Waals surface area contributed by atoms with Crippen molar-refractivity contribution in [3.63, 3.8) is 0 Å². The van der Waals surface area contributed by atoms with Gasteiger partial charge in [-0.25, -0.2) is 14.3 Å². The molecule has 2 rings (SSSR count). The van der Waals surface area contributed by atoms with E-state index in [4.69, 9.17) is 5.11 Å². The van der Waals surface area contributed by atoms with E-state index in [1.54, 1.807) is 6.92 Å². The highest BCUT2D eigenvalue weighted by Crippen LogP contribution is 2.02. The standard InChI is InChI=1S/C10H13N7O3/c1-7(17-6-11-5-13-17)10(20)12-2-8-3-16(15-14-8)4-9(18)19/h3,5-7H,2,4H2,1H3,(H,12,20)(H,18,19). The first-order chi connectivity index (χ1) is 9.56. The fourth-order valence-electron chi connectivity index (χ4n) is 1.50. The zero-order chi connectivity index (χ0) is 14.5. The van der Waals surface area contributed by atoms with E-state index >= 15 is 0 Å². The van der Waals surface area contributed by atoms with Gasteiger partial charge in [0.1, 0.15) is 30.9 Å². The smallest absolute Gasteiger partial charge is 0.325 e. The number of nitrogens with zero attached hydrogens (tertiary/aromatic N) is 6. The first kappa shape index (κ1) is 13.6. The lowest BCUT2D eigenvalue weighted by Crippen LogP contribution is -2.31. The molecule has 0 bridgehead atoms. The Hall–Kier alpha value is -2.78. The summed E-state index contributed by atoms with van der Waals surface area (Å²) >= 11 is 0. The molecular formula is C10H13N7O3. The number of amides is 1. The Morgan fingerprint density at radius 3 is 2.95 bits per heavy atom. The van der Waals surface area contributed by atoms with Crippen LogP contribution in [0.1, 0.15) is 18.7 Å². The lowest BCUT2D eigenvalue weighted by Gasteiger charge is -2.10. The van der Waals surface area contributed by atoms with Crippen LogP contribution in [-0.4, -0.2) is 46.7 Å². The fraction of sp³-hybridized carbons (Fsp3) is 0.400. The molecule has 0 aliphatic heterocycles. The summed E-state index contributed by atoms with van der Waals surface area (Å²) in [6.45, 7) is 1.58. The third-order valence-electron chi connectivity index (χ3n) is 2.54. The zero-order valence-corrected chi connectivity index (χ0v) is 10.7. The van der Waals surface area contributed by atoms with Gasteiger partial charge in [0.25, 0.3) is 0 Å². The van der Waals surface area contributed by atoms with E-state index in [1.165, 1.54) is 28.2 Å². The van der Waals surface area contributed by atoms with Gasteiger partial charge >= 0.3 is 5.97 Å². The third-order valence-corrected chi connectivity index (χ3v) is 2.54. The van der Waals surface area contributed by atoms with Gasteiger partial charge in [0.2, 0.25) is 5.91 Å². The molecule has 2 aromatic heterocycles. The van der Waals surface area contributed by atoms with Crippen LogP contribution in [0.15, 0.2) is 18.9 Å². The molecule has 10 heteroatoms. The van der Waals surface area contributed by atoms with Gasteiger partial charge in [0.15, 0.2) is 0 Å². The van der Waals surface area contributed by atoms with Crippen LogP contribution in [0.2, 0.25) is 0 Å². The molecule has 10 nitrogen and oxygen atoms in total. The summed E-state index contributed by atoms with van der Waals surface area (Å²) in [5.41, 5.74) is 0.477. The van der Waals surface area contributed by atoms with E-state index in [9.17, 15) is 9.59 Å². The first-order valence-electron chi connectivity index (χ1n) is 5.79. The minimum Gasteiger partial charge on any atom is -0.480 e. The molecule has 0 spiro atoms. The van der Waals surface area contributed by atoms with Gasteiger partial charge in [0.05, 0.1) is 12.7 Å². The van der Waals surface area contributed by atoms with Gasteiger partial charge in [-0.15, -0.1) is 5.10 Å². The number of hydrogen-bond acceptors (Lipinski definition) is 6. The molecule has 0 saturated carbocycles. The number of hydrogen-bond donors (Lipinski definition) is 2. The number of rotatable bonds is 6. The van der Waals surface area contributed by atoms with Gasteiger partial charge in [-0.05, 0) is 6.92 Å². The van der Waals surface area contributed by atoms with Crippen molar-refractivity contribution in [3.05, 3.63) is 24.5 Å². The zero-order valence-electron chi connectivity index (χ0n) is 10.7. The van der Waals surface area contributed by atoms with Crippen molar-refractivity contribution in [1.82, 2.24) is 35.1 Å². The molecule has 0 radical (unpaired) electrons. The van der Waals surface area contributed by atoms with Gasteiger partial charge in [-0.3, -0.25) is 9.59 Å². The van der Waals surface area contributed by atoms with Gasteiger partial charge in [-0.1, -0.05) is 5.21 Å². The van der Waals surface area contributed by atoms with Gasteiger partial charge < -0.3 is 10.4 Å². The molecule has 106 valence electrons. The highest BCUT2D eigenvalue weighted by Gasteiger charge is 2.15. The van der Waals surface area contributed by atoms with Crippen molar-refractivity contribution in [2.24, 2.45) is 0 Å². The quantitative estimate of drug-likeness (QED) is 0.681. The largest absolute Gasteiger partial charge is 0.480 e. The van der Waals surface area contributed by atoms with E-state index in [1.807, 2.05) is 0 Å². The maximum Gasteiger partial charge on any atom is 0.325 e.